The number of amides is 1. The summed E-state index contributed by atoms with van der Waals surface area (Å²) in [6.45, 7) is 3.90. The number of aromatic nitrogens is 3. The largest absolute Gasteiger partial charge is 0.383 e. The van der Waals surface area contributed by atoms with Crippen molar-refractivity contribution in [2.24, 2.45) is 7.05 Å². The number of aryl methyl sites for hydroxylation is 1. The highest BCUT2D eigenvalue weighted by atomic mass is 16.5. The first-order chi connectivity index (χ1) is 14.7. The molecule has 0 bridgehead atoms. The molecule has 3 aromatic rings. The molecule has 4 rings (SSSR count). The van der Waals surface area contributed by atoms with Gasteiger partial charge in [0.05, 0.1) is 35.7 Å². The third-order valence-electron chi connectivity index (χ3n) is 5.36. The van der Waals surface area contributed by atoms with E-state index in [0.717, 1.165) is 35.4 Å². The quantitative estimate of drug-likeness (QED) is 0.601. The number of benzene rings is 1. The zero-order valence-corrected chi connectivity index (χ0v) is 17.4. The van der Waals surface area contributed by atoms with Gasteiger partial charge in [0.1, 0.15) is 6.10 Å². The number of carbonyl (C=O) groups excluding carboxylic acids is 1. The number of methoxy groups -OCH3 is 1. The van der Waals surface area contributed by atoms with Gasteiger partial charge in [-0.3, -0.25) is 14.4 Å². The van der Waals surface area contributed by atoms with Crippen LogP contribution in [0.4, 0.5) is 0 Å². The number of nitrogens with one attached hydrogen (secondary N) is 1. The number of hydrogen-bond acceptors (Lipinski definition) is 6. The van der Waals surface area contributed by atoms with Crippen LogP contribution in [0, 0.1) is 0 Å². The average molecular weight is 409 g/mol. The first kappa shape index (κ1) is 20.5. The minimum atomic E-state index is -0.192. The molecule has 1 aliphatic heterocycles. The molecule has 1 aromatic carbocycles. The monoisotopic (exact) mass is 409 g/mol. The minimum absolute atomic E-state index is 0.130. The van der Waals surface area contributed by atoms with Gasteiger partial charge in [0.2, 0.25) is 0 Å². The van der Waals surface area contributed by atoms with Crippen molar-refractivity contribution in [3.05, 3.63) is 59.5 Å². The molecule has 1 aliphatic rings. The Morgan fingerprint density at radius 1 is 1.33 bits per heavy atom. The van der Waals surface area contributed by atoms with Crippen LogP contribution in [-0.2, 0) is 23.1 Å². The van der Waals surface area contributed by atoms with Crippen LogP contribution < -0.4 is 5.32 Å². The van der Waals surface area contributed by atoms with Crippen molar-refractivity contribution in [2.75, 3.05) is 40.0 Å². The molecular weight excluding hydrogens is 382 g/mol. The highest BCUT2D eigenvalue weighted by Gasteiger charge is 2.25. The first-order valence-electron chi connectivity index (χ1n) is 10.1. The van der Waals surface area contributed by atoms with Gasteiger partial charge in [0.15, 0.2) is 0 Å². The van der Waals surface area contributed by atoms with E-state index in [-0.39, 0.29) is 12.0 Å². The SMILES string of the molecule is COCCNC(=O)c1cc(C2CN(Cc3ccnn3C)CCO2)nc2ccccc12. The summed E-state index contributed by atoms with van der Waals surface area (Å²) in [6, 6.07) is 11.6. The molecule has 0 spiro atoms. The summed E-state index contributed by atoms with van der Waals surface area (Å²) in [6.07, 6.45) is 1.62. The van der Waals surface area contributed by atoms with E-state index in [0.29, 0.717) is 31.9 Å². The van der Waals surface area contributed by atoms with Crippen molar-refractivity contribution in [2.45, 2.75) is 12.6 Å². The van der Waals surface area contributed by atoms with E-state index in [1.807, 2.05) is 54.3 Å². The van der Waals surface area contributed by atoms with Crippen molar-refractivity contribution >= 4 is 16.8 Å². The summed E-state index contributed by atoms with van der Waals surface area (Å²) in [4.78, 5) is 20.0. The molecule has 0 aliphatic carbocycles. The fourth-order valence-electron chi connectivity index (χ4n) is 3.72. The maximum absolute atomic E-state index is 12.8. The van der Waals surface area contributed by atoms with E-state index in [4.69, 9.17) is 14.5 Å². The Kier molecular flexibility index (Phi) is 6.37. The highest BCUT2D eigenvalue weighted by Crippen LogP contribution is 2.26. The Morgan fingerprint density at radius 2 is 2.20 bits per heavy atom. The number of pyridine rings is 1. The molecule has 158 valence electrons. The molecule has 1 N–H and O–H groups in total. The zero-order valence-electron chi connectivity index (χ0n) is 17.4. The topological polar surface area (TPSA) is 81.5 Å². The molecule has 0 radical (unpaired) electrons. The maximum atomic E-state index is 12.8. The van der Waals surface area contributed by atoms with E-state index >= 15 is 0 Å². The lowest BCUT2D eigenvalue weighted by molar-refractivity contribution is -0.0355. The zero-order chi connectivity index (χ0) is 20.9. The molecule has 0 saturated carbocycles. The Labute approximate surface area is 175 Å². The second kappa shape index (κ2) is 9.34. The van der Waals surface area contributed by atoms with Crippen LogP contribution in [0.5, 0.6) is 0 Å². The van der Waals surface area contributed by atoms with Gasteiger partial charge in [-0.2, -0.15) is 5.10 Å². The molecule has 1 atom stereocenters. The van der Waals surface area contributed by atoms with E-state index < -0.39 is 0 Å². The molecule has 1 saturated heterocycles. The van der Waals surface area contributed by atoms with E-state index in [2.05, 4.69) is 15.3 Å². The van der Waals surface area contributed by atoms with Crippen LogP contribution in [0.2, 0.25) is 0 Å². The number of rotatable bonds is 7. The molecule has 2 aromatic heterocycles. The molecular formula is C22H27N5O3. The predicted octanol–water partition coefficient (Wildman–Crippen LogP) is 1.92. The predicted molar refractivity (Wildman–Crippen MR) is 113 cm³/mol. The van der Waals surface area contributed by atoms with Crippen molar-refractivity contribution < 1.29 is 14.3 Å². The smallest absolute Gasteiger partial charge is 0.252 e. The fourth-order valence-corrected chi connectivity index (χ4v) is 3.72. The van der Waals surface area contributed by atoms with Crippen LogP contribution in [0.15, 0.2) is 42.6 Å². The second-order valence-corrected chi connectivity index (χ2v) is 7.40. The number of hydrogen-bond donors (Lipinski definition) is 1. The normalized spacial score (nSPS) is 17.3. The summed E-state index contributed by atoms with van der Waals surface area (Å²) in [7, 11) is 3.57. The summed E-state index contributed by atoms with van der Waals surface area (Å²) in [5.41, 5.74) is 3.33. The van der Waals surface area contributed by atoms with Crippen molar-refractivity contribution in [1.29, 1.82) is 0 Å². The van der Waals surface area contributed by atoms with Crippen LogP contribution in [0.25, 0.3) is 10.9 Å². The van der Waals surface area contributed by atoms with Gasteiger partial charge in [-0.1, -0.05) is 18.2 Å². The lowest BCUT2D eigenvalue weighted by Crippen LogP contribution is -2.38. The number of para-hydroxylation sites is 1. The molecule has 1 fully saturated rings. The molecule has 1 unspecified atom stereocenters. The van der Waals surface area contributed by atoms with Gasteiger partial charge in [-0.15, -0.1) is 0 Å². The number of ether oxygens (including phenoxy) is 2. The Bertz CT molecular complexity index is 1020. The molecule has 30 heavy (non-hydrogen) atoms. The van der Waals surface area contributed by atoms with Crippen LogP contribution >= 0.6 is 0 Å². The number of fused-ring (bicyclic) bond motifs is 1. The van der Waals surface area contributed by atoms with E-state index in [9.17, 15) is 4.79 Å². The lowest BCUT2D eigenvalue weighted by Gasteiger charge is -2.32. The lowest BCUT2D eigenvalue weighted by atomic mass is 10.0. The van der Waals surface area contributed by atoms with Gasteiger partial charge in [-0.25, -0.2) is 4.98 Å². The van der Waals surface area contributed by atoms with Crippen LogP contribution in [0.1, 0.15) is 27.8 Å². The summed E-state index contributed by atoms with van der Waals surface area (Å²) >= 11 is 0. The third kappa shape index (κ3) is 4.51. The fraction of sp³-hybridized carbons (Fsp3) is 0.409. The van der Waals surface area contributed by atoms with Gasteiger partial charge in [0, 0.05) is 51.9 Å². The summed E-state index contributed by atoms with van der Waals surface area (Å²) < 4.78 is 13.0. The summed E-state index contributed by atoms with van der Waals surface area (Å²) in [5.74, 6) is -0.130. The van der Waals surface area contributed by atoms with Crippen molar-refractivity contribution in [1.82, 2.24) is 25.0 Å². The van der Waals surface area contributed by atoms with Crippen LogP contribution in [0.3, 0.4) is 0 Å². The molecule has 8 nitrogen and oxygen atoms in total. The maximum Gasteiger partial charge on any atom is 0.252 e. The third-order valence-corrected chi connectivity index (χ3v) is 5.36. The minimum Gasteiger partial charge on any atom is -0.383 e. The van der Waals surface area contributed by atoms with Gasteiger partial charge in [-0.05, 0) is 18.2 Å². The van der Waals surface area contributed by atoms with Gasteiger partial charge >= 0.3 is 0 Å². The Hall–Kier alpha value is -2.81. The standard InChI is InChI=1S/C22H27N5O3/c1-26-16(7-8-24-26)14-27-10-12-30-21(15-27)20-13-18(22(28)23-9-11-29-2)17-5-3-4-6-19(17)25-20/h3-8,13,21H,9-12,14-15H2,1-2H3,(H,23,28). The number of carbonyl (C=O) groups is 1. The van der Waals surface area contributed by atoms with Crippen molar-refractivity contribution in [3.8, 4) is 0 Å². The van der Waals surface area contributed by atoms with E-state index in [1.165, 1.54) is 0 Å². The van der Waals surface area contributed by atoms with E-state index in [1.54, 1.807) is 7.11 Å². The average Bonchev–Trinajstić information content (AvgIpc) is 3.17. The number of morpholine rings is 1. The van der Waals surface area contributed by atoms with Gasteiger partial charge < -0.3 is 14.8 Å². The number of nitrogens with zero attached hydrogens (tertiary/aromatic N) is 4. The van der Waals surface area contributed by atoms with Gasteiger partial charge in [0.25, 0.3) is 5.91 Å². The molecule has 3 heterocycles. The van der Waals surface area contributed by atoms with Crippen molar-refractivity contribution in [3.63, 3.8) is 0 Å². The summed E-state index contributed by atoms with van der Waals surface area (Å²) in [5, 5.41) is 7.99. The second-order valence-electron chi connectivity index (χ2n) is 7.40. The first-order valence-corrected chi connectivity index (χ1v) is 10.1. The molecule has 8 heteroatoms. The molecule has 1 amide bonds. The Balaban J connectivity index is 1.58. The van der Waals surface area contributed by atoms with Crippen LogP contribution in [-0.4, -0.2) is 65.5 Å². The highest BCUT2D eigenvalue weighted by molar-refractivity contribution is 6.06. The Morgan fingerprint density at radius 3 is 3.00 bits per heavy atom.